The molecule has 2 aromatic heterocycles. The Morgan fingerprint density at radius 1 is 1.44 bits per heavy atom. The molecule has 7 heteroatoms. The fraction of sp³-hybridized carbons (Fsp3) is 0.111. The van der Waals surface area contributed by atoms with Crippen LogP contribution in [0.3, 0.4) is 0 Å². The Bertz CT molecular complexity index is 549. The van der Waals surface area contributed by atoms with E-state index >= 15 is 0 Å². The van der Waals surface area contributed by atoms with Crippen LogP contribution in [0.25, 0.3) is 5.82 Å². The summed E-state index contributed by atoms with van der Waals surface area (Å²) in [6.07, 6.45) is 1.71. The van der Waals surface area contributed by atoms with Crippen LogP contribution in [0.2, 0.25) is 0 Å². The minimum absolute atomic E-state index is 0.115. The van der Waals surface area contributed by atoms with Crippen molar-refractivity contribution in [3.8, 4) is 5.82 Å². The highest BCUT2D eigenvalue weighted by Crippen LogP contribution is 2.19. The van der Waals surface area contributed by atoms with Crippen LogP contribution in [-0.2, 0) is 0 Å². The normalized spacial score (nSPS) is 10.3. The number of anilines is 1. The van der Waals surface area contributed by atoms with Gasteiger partial charge in [-0.2, -0.15) is 5.10 Å². The molecule has 0 aliphatic carbocycles. The standard InChI is InChI=1S/C9H9N5O2/c1-6-4-5-13(12-6)8-3-2-7(14(15)16)9(10)11-8/h2-5H,1H3,(H2,10,11). The Morgan fingerprint density at radius 3 is 2.69 bits per heavy atom. The van der Waals surface area contributed by atoms with Gasteiger partial charge in [0.2, 0.25) is 5.82 Å². The number of rotatable bonds is 2. The first-order valence-electron chi connectivity index (χ1n) is 4.51. The Kier molecular flexibility index (Phi) is 2.28. The van der Waals surface area contributed by atoms with Crippen molar-refractivity contribution in [2.24, 2.45) is 0 Å². The van der Waals surface area contributed by atoms with Crippen LogP contribution in [0.15, 0.2) is 24.4 Å². The van der Waals surface area contributed by atoms with E-state index in [0.717, 1.165) is 5.69 Å². The van der Waals surface area contributed by atoms with Gasteiger partial charge in [-0.25, -0.2) is 9.67 Å². The zero-order chi connectivity index (χ0) is 11.7. The highest BCUT2D eigenvalue weighted by molar-refractivity contribution is 5.54. The van der Waals surface area contributed by atoms with Crippen molar-refractivity contribution in [3.63, 3.8) is 0 Å². The molecule has 0 radical (unpaired) electrons. The van der Waals surface area contributed by atoms with Gasteiger partial charge in [-0.1, -0.05) is 0 Å². The summed E-state index contributed by atoms with van der Waals surface area (Å²) in [5.41, 5.74) is 6.10. The second-order valence-corrected chi connectivity index (χ2v) is 3.23. The molecule has 2 heterocycles. The molecule has 82 valence electrons. The summed E-state index contributed by atoms with van der Waals surface area (Å²) in [6, 6.07) is 4.62. The molecule has 0 atom stereocenters. The largest absolute Gasteiger partial charge is 0.378 e. The van der Waals surface area contributed by atoms with E-state index < -0.39 is 4.92 Å². The maximum atomic E-state index is 10.5. The van der Waals surface area contributed by atoms with E-state index in [1.807, 2.05) is 6.92 Å². The SMILES string of the molecule is Cc1ccn(-c2ccc([N+](=O)[O-])c(N)n2)n1. The highest BCUT2D eigenvalue weighted by atomic mass is 16.6. The van der Waals surface area contributed by atoms with Gasteiger partial charge in [0.05, 0.1) is 10.6 Å². The average Bonchev–Trinajstić information content (AvgIpc) is 2.64. The molecule has 0 spiro atoms. The second kappa shape index (κ2) is 3.61. The van der Waals surface area contributed by atoms with E-state index in [9.17, 15) is 10.1 Å². The third-order valence-corrected chi connectivity index (χ3v) is 2.04. The van der Waals surface area contributed by atoms with E-state index in [2.05, 4.69) is 10.1 Å². The number of aryl methyl sites for hydroxylation is 1. The van der Waals surface area contributed by atoms with Crippen molar-refractivity contribution in [2.45, 2.75) is 6.92 Å². The molecule has 0 amide bonds. The molecule has 2 N–H and O–H groups in total. The minimum atomic E-state index is -0.569. The van der Waals surface area contributed by atoms with Gasteiger partial charge in [-0.05, 0) is 19.1 Å². The van der Waals surface area contributed by atoms with Crippen LogP contribution >= 0.6 is 0 Å². The molecule has 0 unspecified atom stereocenters. The topological polar surface area (TPSA) is 99.9 Å². The van der Waals surface area contributed by atoms with E-state index in [-0.39, 0.29) is 11.5 Å². The molecule has 0 saturated heterocycles. The fourth-order valence-electron chi connectivity index (χ4n) is 1.28. The van der Waals surface area contributed by atoms with Gasteiger partial charge in [-0.15, -0.1) is 0 Å². The zero-order valence-electron chi connectivity index (χ0n) is 8.49. The van der Waals surface area contributed by atoms with Crippen LogP contribution in [0.4, 0.5) is 11.5 Å². The number of nitrogens with zero attached hydrogens (tertiary/aromatic N) is 4. The summed E-state index contributed by atoms with van der Waals surface area (Å²) < 4.78 is 1.51. The van der Waals surface area contributed by atoms with Crippen molar-refractivity contribution >= 4 is 11.5 Å². The van der Waals surface area contributed by atoms with Gasteiger partial charge in [-0.3, -0.25) is 10.1 Å². The molecule has 0 aromatic carbocycles. The average molecular weight is 219 g/mol. The minimum Gasteiger partial charge on any atom is -0.378 e. The van der Waals surface area contributed by atoms with E-state index in [0.29, 0.717) is 5.82 Å². The number of nitro groups is 1. The maximum Gasteiger partial charge on any atom is 0.311 e. The van der Waals surface area contributed by atoms with Crippen molar-refractivity contribution in [1.82, 2.24) is 14.8 Å². The first-order valence-corrected chi connectivity index (χ1v) is 4.51. The predicted molar refractivity (Wildman–Crippen MR) is 57.2 cm³/mol. The Labute approximate surface area is 90.7 Å². The summed E-state index contributed by atoms with van der Waals surface area (Å²) in [5, 5.41) is 14.7. The monoisotopic (exact) mass is 219 g/mol. The number of nitrogen functional groups attached to an aromatic ring is 1. The summed E-state index contributed by atoms with van der Waals surface area (Å²) >= 11 is 0. The van der Waals surface area contributed by atoms with Crippen molar-refractivity contribution in [2.75, 3.05) is 5.73 Å². The van der Waals surface area contributed by atoms with Crippen LogP contribution < -0.4 is 5.73 Å². The van der Waals surface area contributed by atoms with Crippen LogP contribution in [-0.4, -0.2) is 19.7 Å². The third-order valence-electron chi connectivity index (χ3n) is 2.04. The molecule has 0 aliphatic heterocycles. The summed E-state index contributed by atoms with van der Waals surface area (Å²) in [5.74, 6) is 0.340. The summed E-state index contributed by atoms with van der Waals surface area (Å²) in [7, 11) is 0. The molecule has 0 saturated carbocycles. The van der Waals surface area contributed by atoms with Crippen molar-refractivity contribution < 1.29 is 4.92 Å². The summed E-state index contributed by atoms with van der Waals surface area (Å²) in [4.78, 5) is 13.9. The lowest BCUT2D eigenvalue weighted by Crippen LogP contribution is -2.04. The van der Waals surface area contributed by atoms with Gasteiger partial charge < -0.3 is 5.73 Å². The van der Waals surface area contributed by atoms with Gasteiger partial charge >= 0.3 is 5.69 Å². The molecule has 2 rings (SSSR count). The van der Waals surface area contributed by atoms with Crippen LogP contribution in [0.5, 0.6) is 0 Å². The maximum absolute atomic E-state index is 10.5. The fourth-order valence-corrected chi connectivity index (χ4v) is 1.28. The molecule has 2 aromatic rings. The third kappa shape index (κ3) is 1.70. The van der Waals surface area contributed by atoms with Crippen LogP contribution in [0, 0.1) is 17.0 Å². The van der Waals surface area contributed by atoms with Gasteiger partial charge in [0, 0.05) is 12.3 Å². The van der Waals surface area contributed by atoms with Crippen molar-refractivity contribution in [1.29, 1.82) is 0 Å². The zero-order valence-corrected chi connectivity index (χ0v) is 8.49. The summed E-state index contributed by atoms with van der Waals surface area (Å²) in [6.45, 7) is 1.84. The number of hydrogen-bond donors (Lipinski definition) is 1. The van der Waals surface area contributed by atoms with Gasteiger partial charge in [0.25, 0.3) is 0 Å². The Morgan fingerprint density at radius 2 is 2.19 bits per heavy atom. The molecule has 16 heavy (non-hydrogen) atoms. The first kappa shape index (κ1) is 10.1. The lowest BCUT2D eigenvalue weighted by molar-refractivity contribution is -0.384. The number of aromatic nitrogens is 3. The Hall–Kier alpha value is -2.44. The van der Waals surface area contributed by atoms with Gasteiger partial charge in [0.1, 0.15) is 0 Å². The molecule has 0 fully saturated rings. The molecule has 7 nitrogen and oxygen atoms in total. The number of hydrogen-bond acceptors (Lipinski definition) is 5. The molecular formula is C9H9N5O2. The second-order valence-electron chi connectivity index (χ2n) is 3.23. The van der Waals surface area contributed by atoms with E-state index in [1.165, 1.54) is 16.8 Å². The van der Waals surface area contributed by atoms with Gasteiger partial charge in [0.15, 0.2) is 5.82 Å². The Balaban J connectivity index is 2.45. The quantitative estimate of drug-likeness (QED) is 0.601. The lowest BCUT2D eigenvalue weighted by Gasteiger charge is -2.01. The first-order chi connectivity index (χ1) is 7.58. The number of pyridine rings is 1. The molecule has 0 bridgehead atoms. The van der Waals surface area contributed by atoms with Crippen molar-refractivity contribution in [3.05, 3.63) is 40.2 Å². The smallest absolute Gasteiger partial charge is 0.311 e. The predicted octanol–water partition coefficient (Wildman–Crippen LogP) is 1.07. The molecular weight excluding hydrogens is 210 g/mol. The van der Waals surface area contributed by atoms with E-state index in [4.69, 9.17) is 5.73 Å². The van der Waals surface area contributed by atoms with E-state index in [1.54, 1.807) is 12.3 Å². The molecule has 0 aliphatic rings. The lowest BCUT2D eigenvalue weighted by atomic mass is 10.4. The number of nitrogens with two attached hydrogens (primary N) is 1. The van der Waals surface area contributed by atoms with Crippen LogP contribution in [0.1, 0.15) is 5.69 Å². The highest BCUT2D eigenvalue weighted by Gasteiger charge is 2.13.